The molecule has 1 heterocycles. The topological polar surface area (TPSA) is 4.93 Å². The number of allylic oxidation sites excluding steroid dienone is 4. The Morgan fingerprint density at radius 3 is 2.15 bits per heavy atom. The molecule has 0 aliphatic heterocycles. The van der Waals surface area contributed by atoms with E-state index in [2.05, 4.69) is 160 Å². The number of hydrogen-bond donors (Lipinski definition) is 0. The molecule has 0 saturated carbocycles. The highest BCUT2D eigenvalue weighted by atomic mass is 15.0. The van der Waals surface area contributed by atoms with Crippen molar-refractivity contribution in [3.05, 3.63) is 150 Å². The van der Waals surface area contributed by atoms with E-state index in [4.69, 9.17) is 0 Å². The van der Waals surface area contributed by atoms with Crippen LogP contribution in [0.1, 0.15) is 42.1 Å². The van der Waals surface area contributed by atoms with Crippen molar-refractivity contribution in [2.75, 3.05) is 0 Å². The molecule has 1 aromatic heterocycles. The van der Waals surface area contributed by atoms with Crippen molar-refractivity contribution in [3.63, 3.8) is 0 Å². The zero-order valence-corrected chi connectivity index (χ0v) is 26.7. The molecule has 1 nitrogen and oxygen atoms in total. The Labute approximate surface area is 269 Å². The van der Waals surface area contributed by atoms with Gasteiger partial charge in [0.1, 0.15) is 0 Å². The van der Waals surface area contributed by atoms with Gasteiger partial charge in [-0.1, -0.05) is 135 Å². The zero-order chi connectivity index (χ0) is 30.9. The van der Waals surface area contributed by atoms with Crippen molar-refractivity contribution in [3.8, 4) is 16.8 Å². The van der Waals surface area contributed by atoms with Crippen LogP contribution in [0, 0.1) is 19.8 Å². The number of benzene rings is 7. The van der Waals surface area contributed by atoms with Crippen LogP contribution in [0.25, 0.3) is 70.8 Å². The lowest BCUT2D eigenvalue weighted by Gasteiger charge is -2.29. The van der Waals surface area contributed by atoms with E-state index < -0.39 is 0 Å². The normalized spacial score (nSPS) is 18.4. The predicted molar refractivity (Wildman–Crippen MR) is 197 cm³/mol. The van der Waals surface area contributed by atoms with Gasteiger partial charge >= 0.3 is 0 Å². The van der Waals surface area contributed by atoms with Crippen molar-refractivity contribution in [2.45, 2.75) is 39.0 Å². The van der Waals surface area contributed by atoms with Gasteiger partial charge in [-0.25, -0.2) is 0 Å². The van der Waals surface area contributed by atoms with Crippen molar-refractivity contribution in [1.29, 1.82) is 0 Å². The highest BCUT2D eigenvalue weighted by Gasteiger charge is 2.44. The van der Waals surface area contributed by atoms with Crippen LogP contribution in [-0.2, 0) is 5.41 Å². The maximum Gasteiger partial charge on any atom is 0.0612 e. The number of hydrogen-bond acceptors (Lipinski definition) is 0. The number of aryl methyl sites for hydroxylation is 1. The lowest BCUT2D eigenvalue weighted by atomic mass is 9.74. The highest BCUT2D eigenvalue weighted by Crippen LogP contribution is 2.54. The van der Waals surface area contributed by atoms with Gasteiger partial charge in [-0.05, 0) is 91.4 Å². The summed E-state index contributed by atoms with van der Waals surface area (Å²) in [6, 6.07) is 39.3. The van der Waals surface area contributed by atoms with Gasteiger partial charge in [-0.15, -0.1) is 0 Å². The molecule has 0 fully saturated rings. The molecule has 7 aromatic carbocycles. The molecule has 0 spiro atoms. The van der Waals surface area contributed by atoms with E-state index >= 15 is 0 Å². The zero-order valence-electron chi connectivity index (χ0n) is 26.7. The second-order valence-electron chi connectivity index (χ2n) is 14.2. The lowest BCUT2D eigenvalue weighted by Crippen LogP contribution is -2.24. The fourth-order valence-electron chi connectivity index (χ4n) is 9.23. The molecule has 2 unspecified atom stereocenters. The summed E-state index contributed by atoms with van der Waals surface area (Å²) < 4.78 is 2.54. The van der Waals surface area contributed by atoms with E-state index in [-0.39, 0.29) is 5.41 Å². The van der Waals surface area contributed by atoms with Gasteiger partial charge < -0.3 is 4.57 Å². The molecule has 10 rings (SSSR count). The Morgan fingerprint density at radius 1 is 0.609 bits per heavy atom. The lowest BCUT2D eigenvalue weighted by molar-refractivity contribution is 0.394. The predicted octanol–water partition coefficient (Wildman–Crippen LogP) is 12.1. The molecular weight excluding hydrogens is 555 g/mol. The Balaban J connectivity index is 1.24. The van der Waals surface area contributed by atoms with E-state index in [1.807, 2.05) is 0 Å². The van der Waals surface area contributed by atoms with E-state index in [1.54, 1.807) is 0 Å². The summed E-state index contributed by atoms with van der Waals surface area (Å²) >= 11 is 0. The van der Waals surface area contributed by atoms with Gasteiger partial charge in [0, 0.05) is 27.8 Å². The minimum Gasteiger partial charge on any atom is -0.312 e. The molecule has 1 heteroatoms. The average Bonchev–Trinajstić information content (AvgIpc) is 3.48. The number of aromatic nitrogens is 1. The van der Waals surface area contributed by atoms with E-state index in [0.717, 1.165) is 0 Å². The standard InChI is InChI=1S/C45H35N/c1-26-27(2)46(41-24-19-30-16-15-28-9-7-10-29-17-21-38(41)43(30)42(28)29)44-32(26)22-23-34-33(12-8-13-37(34)44)31-18-20-36-35-11-5-6-14-39(35)45(3,4)40(36)25-31/h5-25,35,39H,1-4H3. The number of rotatable bonds is 2. The molecule has 8 aromatic rings. The van der Waals surface area contributed by atoms with Crippen LogP contribution in [0.5, 0.6) is 0 Å². The Bertz CT molecular complexity index is 2620. The van der Waals surface area contributed by atoms with E-state index in [9.17, 15) is 0 Å². The highest BCUT2D eigenvalue weighted by molar-refractivity contribution is 6.25. The summed E-state index contributed by atoms with van der Waals surface area (Å²) in [5.74, 6) is 0.977. The minimum absolute atomic E-state index is 0.0903. The minimum atomic E-state index is 0.0903. The maximum absolute atomic E-state index is 2.54. The van der Waals surface area contributed by atoms with E-state index in [0.29, 0.717) is 11.8 Å². The van der Waals surface area contributed by atoms with Crippen LogP contribution in [-0.4, -0.2) is 4.57 Å². The summed E-state index contributed by atoms with van der Waals surface area (Å²) in [6.45, 7) is 9.41. The molecule has 0 saturated heterocycles. The van der Waals surface area contributed by atoms with Crippen LogP contribution in [0.4, 0.5) is 0 Å². The molecule has 0 bridgehead atoms. The first-order valence-electron chi connectivity index (χ1n) is 16.6. The molecule has 2 aliphatic carbocycles. The molecule has 0 radical (unpaired) electrons. The smallest absolute Gasteiger partial charge is 0.0612 e. The third-order valence-electron chi connectivity index (χ3n) is 11.7. The first kappa shape index (κ1) is 26.1. The monoisotopic (exact) mass is 589 g/mol. The summed E-state index contributed by atoms with van der Waals surface area (Å²) in [6.07, 6.45) is 9.25. The van der Waals surface area contributed by atoms with E-state index in [1.165, 1.54) is 93.2 Å². The molecule has 0 N–H and O–H groups in total. The molecule has 0 amide bonds. The van der Waals surface area contributed by atoms with Crippen molar-refractivity contribution in [2.24, 2.45) is 5.92 Å². The number of nitrogens with zero attached hydrogens (tertiary/aromatic N) is 1. The SMILES string of the molecule is Cc1c(C)n(-c2ccc3ccc4cccc5ccc2c3c45)c2c1ccc1c(-c3ccc4c(c3)C(C)(C)C3C=CC=CC43)cccc12. The van der Waals surface area contributed by atoms with Crippen LogP contribution in [0.15, 0.2) is 127 Å². The molecule has 2 aliphatic rings. The summed E-state index contributed by atoms with van der Waals surface area (Å²) in [5.41, 5.74) is 10.9. The van der Waals surface area contributed by atoms with Gasteiger partial charge in [-0.2, -0.15) is 0 Å². The third-order valence-corrected chi connectivity index (χ3v) is 11.7. The molecule has 46 heavy (non-hydrogen) atoms. The second kappa shape index (κ2) is 8.98. The van der Waals surface area contributed by atoms with Gasteiger partial charge in [-0.3, -0.25) is 0 Å². The van der Waals surface area contributed by atoms with Gasteiger partial charge in [0.15, 0.2) is 0 Å². The second-order valence-corrected chi connectivity index (χ2v) is 14.2. The number of fused-ring (bicyclic) bond motifs is 6. The van der Waals surface area contributed by atoms with Crippen molar-refractivity contribution >= 4 is 54.0 Å². The summed E-state index contributed by atoms with van der Waals surface area (Å²) in [7, 11) is 0. The quantitative estimate of drug-likeness (QED) is 0.177. The molecule has 220 valence electrons. The fourth-order valence-corrected chi connectivity index (χ4v) is 9.23. The molecule has 2 atom stereocenters. The van der Waals surface area contributed by atoms with Crippen LogP contribution < -0.4 is 0 Å². The summed E-state index contributed by atoms with van der Waals surface area (Å²) in [4.78, 5) is 0. The van der Waals surface area contributed by atoms with Crippen molar-refractivity contribution < 1.29 is 0 Å². The fraction of sp³-hybridized carbons (Fsp3) is 0.156. The largest absolute Gasteiger partial charge is 0.312 e. The first-order valence-corrected chi connectivity index (χ1v) is 16.6. The van der Waals surface area contributed by atoms with Gasteiger partial charge in [0.25, 0.3) is 0 Å². The van der Waals surface area contributed by atoms with Crippen LogP contribution in [0.3, 0.4) is 0 Å². The molecular formula is C45H35N. The van der Waals surface area contributed by atoms with Crippen LogP contribution in [0.2, 0.25) is 0 Å². The Kier molecular flexibility index (Phi) is 5.10. The van der Waals surface area contributed by atoms with Gasteiger partial charge in [0.2, 0.25) is 0 Å². The first-order chi connectivity index (χ1) is 22.4. The van der Waals surface area contributed by atoms with Gasteiger partial charge in [0.05, 0.1) is 11.2 Å². The maximum atomic E-state index is 2.54. The summed E-state index contributed by atoms with van der Waals surface area (Å²) in [5, 5.41) is 11.9. The Hall–Kier alpha value is -5.14. The Morgan fingerprint density at radius 2 is 1.30 bits per heavy atom. The average molecular weight is 590 g/mol. The third kappa shape index (κ3) is 3.25. The van der Waals surface area contributed by atoms with Crippen molar-refractivity contribution in [1.82, 2.24) is 4.57 Å². The van der Waals surface area contributed by atoms with Crippen LogP contribution >= 0.6 is 0 Å².